The molecule has 0 unspecified atom stereocenters. The molecule has 1 aromatic carbocycles. The number of hydrogen-bond acceptors (Lipinski definition) is 3. The summed E-state index contributed by atoms with van der Waals surface area (Å²) in [6.45, 7) is 5.95. The fourth-order valence-electron chi connectivity index (χ4n) is 1.09. The molecule has 0 heterocycles. The second-order valence-corrected chi connectivity index (χ2v) is 3.81. The van der Waals surface area contributed by atoms with Gasteiger partial charge in [0.25, 0.3) is 0 Å². The van der Waals surface area contributed by atoms with Crippen molar-refractivity contribution in [2.45, 2.75) is 19.8 Å². The predicted octanol–water partition coefficient (Wildman–Crippen LogP) is 3.30. The first-order chi connectivity index (χ1) is 9.60. The van der Waals surface area contributed by atoms with Crippen molar-refractivity contribution in [2.24, 2.45) is 0 Å². The Kier molecular flexibility index (Phi) is 10.3. The van der Waals surface area contributed by atoms with Gasteiger partial charge in [0, 0.05) is 12.2 Å². The number of rotatable bonds is 6. The average molecular weight is 276 g/mol. The van der Waals surface area contributed by atoms with E-state index in [9.17, 15) is 9.59 Å². The lowest BCUT2D eigenvalue weighted by molar-refractivity contribution is -0.138. The number of carbonyl (C=O) groups excluding carboxylic acids is 1. The summed E-state index contributed by atoms with van der Waals surface area (Å²) in [5, 5.41) is 8.14. The summed E-state index contributed by atoms with van der Waals surface area (Å²) in [4.78, 5) is 20.6. The van der Waals surface area contributed by atoms with Crippen LogP contribution in [0.4, 0.5) is 0 Å². The summed E-state index contributed by atoms with van der Waals surface area (Å²) in [5.74, 6) is -1.76. The Hall–Kier alpha value is -2.36. The third-order valence-corrected chi connectivity index (χ3v) is 2.14. The molecule has 0 bridgehead atoms. The first kappa shape index (κ1) is 17.6. The number of esters is 1. The molecule has 1 rings (SSSR count). The van der Waals surface area contributed by atoms with Gasteiger partial charge in [-0.05, 0) is 12.0 Å². The van der Waals surface area contributed by atoms with E-state index in [1.807, 2.05) is 43.3 Å². The van der Waals surface area contributed by atoms with Gasteiger partial charge in [-0.2, -0.15) is 0 Å². The minimum atomic E-state index is -1.15. The monoisotopic (exact) mass is 276 g/mol. The second kappa shape index (κ2) is 11.7. The van der Waals surface area contributed by atoms with Crippen molar-refractivity contribution in [3.8, 4) is 0 Å². The van der Waals surface area contributed by atoms with Gasteiger partial charge < -0.3 is 9.84 Å². The lowest BCUT2D eigenvalue weighted by Gasteiger charge is -1.97. The van der Waals surface area contributed by atoms with E-state index < -0.39 is 11.9 Å². The van der Waals surface area contributed by atoms with Crippen LogP contribution in [0.15, 0.2) is 49.1 Å². The average Bonchev–Trinajstić information content (AvgIpc) is 2.47. The van der Waals surface area contributed by atoms with E-state index in [1.165, 1.54) is 5.56 Å². The fourth-order valence-corrected chi connectivity index (χ4v) is 1.09. The number of carboxylic acid groups (broad SMARTS) is 1. The topological polar surface area (TPSA) is 63.6 Å². The van der Waals surface area contributed by atoms with Crippen molar-refractivity contribution in [1.82, 2.24) is 0 Å². The summed E-state index contributed by atoms with van der Waals surface area (Å²) in [6.07, 6.45) is 5.23. The Labute approximate surface area is 119 Å². The maximum Gasteiger partial charge on any atom is 0.331 e. The van der Waals surface area contributed by atoms with Gasteiger partial charge >= 0.3 is 11.9 Å². The van der Waals surface area contributed by atoms with Gasteiger partial charge in [-0.25, -0.2) is 9.59 Å². The molecular formula is C16H20O4. The molecule has 1 aromatic rings. The molecule has 108 valence electrons. The van der Waals surface area contributed by atoms with Crippen molar-refractivity contribution in [1.29, 1.82) is 0 Å². The number of benzene rings is 1. The van der Waals surface area contributed by atoms with Crippen LogP contribution in [-0.2, 0) is 14.3 Å². The van der Waals surface area contributed by atoms with E-state index in [0.717, 1.165) is 25.0 Å². The Bertz CT molecular complexity index is 435. The summed E-state index contributed by atoms with van der Waals surface area (Å²) in [5.41, 5.74) is 1.17. The van der Waals surface area contributed by atoms with E-state index in [0.29, 0.717) is 6.61 Å². The van der Waals surface area contributed by atoms with Crippen LogP contribution in [0.1, 0.15) is 25.3 Å². The minimum absolute atomic E-state index is 0.347. The number of ether oxygens (including phenoxy) is 1. The molecule has 0 saturated carbocycles. The summed E-state index contributed by atoms with van der Waals surface area (Å²) < 4.78 is 4.64. The highest BCUT2D eigenvalue weighted by Crippen LogP contribution is 1.97. The largest absolute Gasteiger partial charge is 0.478 e. The van der Waals surface area contributed by atoms with Gasteiger partial charge in [0.05, 0.1) is 6.61 Å². The Morgan fingerprint density at radius 2 is 1.90 bits per heavy atom. The van der Waals surface area contributed by atoms with Crippen LogP contribution in [-0.4, -0.2) is 23.7 Å². The molecule has 4 nitrogen and oxygen atoms in total. The van der Waals surface area contributed by atoms with E-state index in [2.05, 4.69) is 11.3 Å². The predicted molar refractivity (Wildman–Crippen MR) is 79.2 cm³/mol. The molecule has 0 aliphatic rings. The molecule has 0 radical (unpaired) electrons. The van der Waals surface area contributed by atoms with Crippen molar-refractivity contribution in [2.75, 3.05) is 6.61 Å². The molecule has 0 aromatic heterocycles. The smallest absolute Gasteiger partial charge is 0.331 e. The molecule has 20 heavy (non-hydrogen) atoms. The molecule has 0 saturated heterocycles. The summed E-state index contributed by atoms with van der Waals surface area (Å²) in [7, 11) is 0. The molecule has 0 aliphatic carbocycles. The van der Waals surface area contributed by atoms with Crippen LogP contribution in [0.3, 0.4) is 0 Å². The Morgan fingerprint density at radius 3 is 2.35 bits per heavy atom. The Balaban J connectivity index is 0.000000388. The molecule has 4 heteroatoms. The third kappa shape index (κ3) is 10.8. The first-order valence-electron chi connectivity index (χ1n) is 6.35. The summed E-state index contributed by atoms with van der Waals surface area (Å²) in [6, 6.07) is 10.0. The van der Waals surface area contributed by atoms with Crippen molar-refractivity contribution >= 4 is 18.0 Å². The van der Waals surface area contributed by atoms with Gasteiger partial charge in [0.15, 0.2) is 0 Å². The van der Waals surface area contributed by atoms with Crippen LogP contribution in [0.25, 0.3) is 6.08 Å². The van der Waals surface area contributed by atoms with E-state index >= 15 is 0 Å². The van der Waals surface area contributed by atoms with Crippen LogP contribution >= 0.6 is 0 Å². The maximum atomic E-state index is 10.6. The van der Waals surface area contributed by atoms with Gasteiger partial charge in [0.2, 0.25) is 0 Å². The SMILES string of the molecule is C=Cc1ccccc1.CCCCOC(=O)C=CC(=O)O. The molecule has 0 spiro atoms. The van der Waals surface area contributed by atoms with E-state index in [4.69, 9.17) is 5.11 Å². The number of unbranched alkanes of at least 4 members (excludes halogenated alkanes) is 1. The zero-order valence-electron chi connectivity index (χ0n) is 11.6. The number of carbonyl (C=O) groups is 2. The third-order valence-electron chi connectivity index (χ3n) is 2.14. The molecule has 0 aliphatic heterocycles. The van der Waals surface area contributed by atoms with Gasteiger partial charge in [-0.15, -0.1) is 0 Å². The second-order valence-electron chi connectivity index (χ2n) is 3.81. The van der Waals surface area contributed by atoms with Crippen LogP contribution in [0.2, 0.25) is 0 Å². The standard InChI is InChI=1S/C8H12O4.C8H8/c1-2-3-6-12-8(11)5-4-7(9)10;1-2-8-6-4-3-5-7-8/h4-5H,2-3,6H2,1H3,(H,9,10);2-7H,1H2. The number of carboxylic acids is 1. The van der Waals surface area contributed by atoms with Crippen LogP contribution in [0.5, 0.6) is 0 Å². The van der Waals surface area contributed by atoms with E-state index in [-0.39, 0.29) is 0 Å². The highest BCUT2D eigenvalue weighted by molar-refractivity contribution is 5.90. The molecular weight excluding hydrogens is 256 g/mol. The molecule has 0 atom stereocenters. The van der Waals surface area contributed by atoms with Crippen molar-refractivity contribution in [3.63, 3.8) is 0 Å². The fraction of sp³-hybridized carbons (Fsp3) is 0.250. The minimum Gasteiger partial charge on any atom is -0.478 e. The quantitative estimate of drug-likeness (QED) is 0.492. The zero-order chi connectivity index (χ0) is 15.2. The molecule has 1 N–H and O–H groups in total. The lowest BCUT2D eigenvalue weighted by Crippen LogP contribution is -2.02. The van der Waals surface area contributed by atoms with Gasteiger partial charge in [0.1, 0.15) is 0 Å². The summed E-state index contributed by atoms with van der Waals surface area (Å²) >= 11 is 0. The number of aliphatic carboxylic acids is 1. The Morgan fingerprint density at radius 1 is 1.25 bits per heavy atom. The zero-order valence-corrected chi connectivity index (χ0v) is 11.6. The van der Waals surface area contributed by atoms with Crippen LogP contribution < -0.4 is 0 Å². The van der Waals surface area contributed by atoms with Gasteiger partial charge in [-0.1, -0.05) is 56.3 Å². The molecule has 0 fully saturated rings. The maximum absolute atomic E-state index is 10.6. The van der Waals surface area contributed by atoms with Crippen molar-refractivity contribution < 1.29 is 19.4 Å². The normalized spacial score (nSPS) is 9.45. The highest BCUT2D eigenvalue weighted by Gasteiger charge is 1.96. The highest BCUT2D eigenvalue weighted by atomic mass is 16.5. The lowest BCUT2D eigenvalue weighted by atomic mass is 10.2. The number of hydrogen-bond donors (Lipinski definition) is 1. The first-order valence-corrected chi connectivity index (χ1v) is 6.35. The van der Waals surface area contributed by atoms with Gasteiger partial charge in [-0.3, -0.25) is 0 Å². The van der Waals surface area contributed by atoms with Crippen molar-refractivity contribution in [3.05, 3.63) is 54.6 Å². The van der Waals surface area contributed by atoms with E-state index in [1.54, 1.807) is 0 Å². The van der Waals surface area contributed by atoms with Crippen LogP contribution in [0, 0.1) is 0 Å². The molecule has 0 amide bonds.